The molecule has 0 spiro atoms. The largest absolute Gasteiger partial charge is 0.437 e. The zero-order chi connectivity index (χ0) is 11.4. The third-order valence-corrected chi connectivity index (χ3v) is 3.14. The van der Waals surface area contributed by atoms with Crippen molar-refractivity contribution in [3.05, 3.63) is 41.5 Å². The molecule has 0 unspecified atom stereocenters. The molecule has 0 aliphatic carbocycles. The zero-order valence-electron chi connectivity index (χ0n) is 9.76. The lowest BCUT2D eigenvalue weighted by molar-refractivity contribution is 0.346. The molecule has 1 aliphatic heterocycles. The molecule has 0 aromatic heterocycles. The topological polar surface area (TPSA) is 23.5 Å². The Balaban J connectivity index is 1.97. The highest BCUT2D eigenvalue weighted by molar-refractivity contribution is 6.45. The summed E-state index contributed by atoms with van der Waals surface area (Å²) >= 11 is 0. The van der Waals surface area contributed by atoms with E-state index in [0.29, 0.717) is 0 Å². The second-order valence-electron chi connectivity index (χ2n) is 4.38. The highest BCUT2D eigenvalue weighted by Crippen LogP contribution is 2.19. The normalized spacial score (nSPS) is 17.2. The monoisotopic (exact) mass is 215 g/mol. The Hall–Kier alpha value is -1.06. The minimum atomic E-state index is -0.307. The maximum Gasteiger partial charge on any atom is 0.376 e. The number of benzene rings is 1. The highest BCUT2D eigenvalue weighted by atomic mass is 16.2. The molecule has 1 N–H and O–H groups in total. The second kappa shape index (κ2) is 5.33. The molecule has 1 aromatic rings. The first kappa shape index (κ1) is 11.4. The Kier molecular flexibility index (Phi) is 3.81. The van der Waals surface area contributed by atoms with Crippen LogP contribution in [0, 0.1) is 0 Å². The lowest BCUT2D eigenvalue weighted by Crippen LogP contribution is -2.41. The summed E-state index contributed by atoms with van der Waals surface area (Å²) in [5, 5.41) is 9.46. The molecule has 84 valence electrons. The Morgan fingerprint density at radius 2 is 1.81 bits per heavy atom. The Morgan fingerprint density at radius 1 is 1.19 bits per heavy atom. The van der Waals surface area contributed by atoms with Crippen molar-refractivity contribution in [2.75, 3.05) is 13.1 Å². The first-order valence-corrected chi connectivity index (χ1v) is 5.92. The summed E-state index contributed by atoms with van der Waals surface area (Å²) in [5.41, 5.74) is 2.77. The lowest BCUT2D eigenvalue weighted by atomic mass is 9.82. The third-order valence-electron chi connectivity index (χ3n) is 3.14. The predicted octanol–water partition coefficient (Wildman–Crippen LogP) is 2.28. The van der Waals surface area contributed by atoms with Crippen LogP contribution in [0.15, 0.2) is 35.9 Å². The van der Waals surface area contributed by atoms with Crippen LogP contribution >= 0.6 is 0 Å². The molecule has 1 aliphatic rings. The fourth-order valence-electron chi connectivity index (χ4n) is 2.11. The van der Waals surface area contributed by atoms with Crippen molar-refractivity contribution in [3.63, 3.8) is 0 Å². The van der Waals surface area contributed by atoms with Gasteiger partial charge in [0.1, 0.15) is 0 Å². The van der Waals surface area contributed by atoms with Gasteiger partial charge < -0.3 is 9.83 Å². The standard InChI is InChI=1S/C13H18BNO/c1-14(16)15-9-7-13(8-10-15)11-12-5-3-2-4-6-12/h2-6,11,16H,7-10H2,1H3. The van der Waals surface area contributed by atoms with E-state index in [1.54, 1.807) is 0 Å². The molecule has 1 fully saturated rings. The van der Waals surface area contributed by atoms with E-state index in [4.69, 9.17) is 0 Å². The van der Waals surface area contributed by atoms with E-state index >= 15 is 0 Å². The van der Waals surface area contributed by atoms with E-state index in [9.17, 15) is 5.02 Å². The minimum Gasteiger partial charge on any atom is -0.437 e. The molecule has 0 saturated carbocycles. The van der Waals surface area contributed by atoms with Gasteiger partial charge in [0.25, 0.3) is 0 Å². The quantitative estimate of drug-likeness (QED) is 0.765. The molecule has 2 rings (SSSR count). The Labute approximate surface area is 97.7 Å². The molecule has 0 radical (unpaired) electrons. The molecule has 2 nitrogen and oxygen atoms in total. The number of hydrogen-bond acceptors (Lipinski definition) is 2. The fraction of sp³-hybridized carbons (Fsp3) is 0.385. The van der Waals surface area contributed by atoms with Crippen molar-refractivity contribution in [2.45, 2.75) is 19.7 Å². The number of nitrogens with zero attached hydrogens (tertiary/aromatic N) is 1. The van der Waals surface area contributed by atoms with Gasteiger partial charge in [-0.1, -0.05) is 42.0 Å². The predicted molar refractivity (Wildman–Crippen MR) is 69.1 cm³/mol. The first-order valence-electron chi connectivity index (χ1n) is 5.92. The van der Waals surface area contributed by atoms with Gasteiger partial charge >= 0.3 is 7.05 Å². The average molecular weight is 215 g/mol. The van der Waals surface area contributed by atoms with Gasteiger partial charge in [-0.2, -0.15) is 0 Å². The van der Waals surface area contributed by atoms with Gasteiger partial charge in [0, 0.05) is 0 Å². The van der Waals surface area contributed by atoms with Crippen molar-refractivity contribution >= 4 is 13.1 Å². The molecule has 1 aromatic carbocycles. The van der Waals surface area contributed by atoms with E-state index in [1.165, 1.54) is 11.1 Å². The molecule has 1 saturated heterocycles. The summed E-state index contributed by atoms with van der Waals surface area (Å²) < 4.78 is 0. The minimum absolute atomic E-state index is 0.307. The van der Waals surface area contributed by atoms with Gasteiger partial charge in [-0.05, 0) is 38.3 Å². The van der Waals surface area contributed by atoms with Crippen LogP contribution in [-0.2, 0) is 0 Å². The second-order valence-corrected chi connectivity index (χ2v) is 4.38. The van der Waals surface area contributed by atoms with Crippen LogP contribution in [0.2, 0.25) is 6.82 Å². The molecule has 0 bridgehead atoms. The van der Waals surface area contributed by atoms with E-state index in [2.05, 4.69) is 35.2 Å². The van der Waals surface area contributed by atoms with E-state index < -0.39 is 0 Å². The molecular formula is C13H18BNO. The van der Waals surface area contributed by atoms with Crippen molar-refractivity contribution in [1.29, 1.82) is 0 Å². The fourth-order valence-corrected chi connectivity index (χ4v) is 2.11. The van der Waals surface area contributed by atoms with Crippen LogP contribution in [0.1, 0.15) is 18.4 Å². The van der Waals surface area contributed by atoms with Gasteiger partial charge in [0.05, 0.1) is 0 Å². The zero-order valence-corrected chi connectivity index (χ0v) is 9.76. The summed E-state index contributed by atoms with van der Waals surface area (Å²) in [4.78, 5) is 2.11. The van der Waals surface area contributed by atoms with Crippen molar-refractivity contribution < 1.29 is 5.02 Å². The van der Waals surface area contributed by atoms with Gasteiger partial charge in [0.2, 0.25) is 0 Å². The number of hydrogen-bond donors (Lipinski definition) is 1. The van der Waals surface area contributed by atoms with Crippen molar-refractivity contribution in [2.24, 2.45) is 0 Å². The number of piperidine rings is 1. The van der Waals surface area contributed by atoms with Gasteiger partial charge in [0.15, 0.2) is 0 Å². The average Bonchev–Trinajstić information content (AvgIpc) is 2.31. The Bertz CT molecular complexity index is 351. The molecule has 1 heterocycles. The van der Waals surface area contributed by atoms with E-state index in [1.807, 2.05) is 12.9 Å². The summed E-state index contributed by atoms with van der Waals surface area (Å²) in [6.45, 7) is 3.78. The lowest BCUT2D eigenvalue weighted by Gasteiger charge is -2.29. The van der Waals surface area contributed by atoms with Crippen molar-refractivity contribution in [3.8, 4) is 0 Å². The van der Waals surface area contributed by atoms with Crippen molar-refractivity contribution in [1.82, 2.24) is 4.81 Å². The number of rotatable bonds is 2. The SMILES string of the molecule is CB(O)N1CCC(=Cc2ccccc2)CC1. The van der Waals surface area contributed by atoms with Gasteiger partial charge in [-0.3, -0.25) is 0 Å². The van der Waals surface area contributed by atoms with Crippen LogP contribution in [0.4, 0.5) is 0 Å². The van der Waals surface area contributed by atoms with Crippen LogP contribution in [0.25, 0.3) is 6.08 Å². The smallest absolute Gasteiger partial charge is 0.376 e. The van der Waals surface area contributed by atoms with Crippen LogP contribution in [0.5, 0.6) is 0 Å². The maximum absolute atomic E-state index is 9.46. The Morgan fingerprint density at radius 3 is 2.38 bits per heavy atom. The summed E-state index contributed by atoms with van der Waals surface area (Å²) in [5.74, 6) is 0. The molecule has 16 heavy (non-hydrogen) atoms. The van der Waals surface area contributed by atoms with Gasteiger partial charge in [-0.15, -0.1) is 0 Å². The first-order chi connectivity index (χ1) is 7.75. The van der Waals surface area contributed by atoms with E-state index in [-0.39, 0.29) is 7.05 Å². The maximum atomic E-state index is 9.46. The van der Waals surface area contributed by atoms with Crippen LogP contribution in [0.3, 0.4) is 0 Å². The molecule has 0 amide bonds. The van der Waals surface area contributed by atoms with Gasteiger partial charge in [-0.25, -0.2) is 0 Å². The summed E-state index contributed by atoms with van der Waals surface area (Å²) in [6, 6.07) is 10.4. The molecular weight excluding hydrogens is 197 g/mol. The van der Waals surface area contributed by atoms with Crippen LogP contribution in [-0.4, -0.2) is 30.0 Å². The molecule has 0 atom stereocenters. The molecule has 3 heteroatoms. The van der Waals surface area contributed by atoms with Crippen LogP contribution < -0.4 is 0 Å². The third kappa shape index (κ3) is 2.97. The highest BCUT2D eigenvalue weighted by Gasteiger charge is 2.20. The summed E-state index contributed by atoms with van der Waals surface area (Å²) in [6.07, 6.45) is 4.42. The van der Waals surface area contributed by atoms with E-state index in [0.717, 1.165) is 25.9 Å². The summed E-state index contributed by atoms with van der Waals surface area (Å²) in [7, 11) is -0.307.